The Morgan fingerprint density at radius 3 is 2.42 bits per heavy atom. The summed E-state index contributed by atoms with van der Waals surface area (Å²) in [7, 11) is 0. The van der Waals surface area contributed by atoms with Crippen LogP contribution in [0.25, 0.3) is 0 Å². The van der Waals surface area contributed by atoms with Gasteiger partial charge in [0.05, 0.1) is 12.6 Å². The summed E-state index contributed by atoms with van der Waals surface area (Å²) >= 11 is 0. The number of hydrogen-bond donors (Lipinski definition) is 5. The van der Waals surface area contributed by atoms with Crippen molar-refractivity contribution in [1.29, 1.82) is 0 Å². The van der Waals surface area contributed by atoms with Crippen molar-refractivity contribution < 1.29 is 29.4 Å². The van der Waals surface area contributed by atoms with Crippen LogP contribution in [0.5, 0.6) is 0 Å². The summed E-state index contributed by atoms with van der Waals surface area (Å²) in [4.78, 5) is 51.3. The second-order valence-electron chi connectivity index (χ2n) is 8.44. The number of aliphatic carboxylic acids is 1. The minimum atomic E-state index is -1.45. The van der Waals surface area contributed by atoms with Crippen LogP contribution in [0.3, 0.4) is 0 Å². The zero-order chi connectivity index (χ0) is 24.5. The Hall–Kier alpha value is -2.98. The van der Waals surface area contributed by atoms with Gasteiger partial charge in [0, 0.05) is 6.54 Å². The predicted octanol–water partition coefficient (Wildman–Crippen LogP) is -0.360. The van der Waals surface area contributed by atoms with Gasteiger partial charge in [0.1, 0.15) is 18.1 Å². The average molecular weight is 463 g/mol. The molecule has 2 rings (SSSR count). The molecule has 1 fully saturated rings. The van der Waals surface area contributed by atoms with Gasteiger partial charge in [-0.2, -0.15) is 0 Å². The number of likely N-dealkylation sites (tertiary alicyclic amines) is 1. The smallest absolute Gasteiger partial charge is 0.328 e. The highest BCUT2D eigenvalue weighted by atomic mass is 16.4. The number of rotatable bonds is 11. The molecule has 6 N–H and O–H groups in total. The topological polar surface area (TPSA) is 162 Å². The first-order valence-electron chi connectivity index (χ1n) is 11.2. The van der Waals surface area contributed by atoms with Crippen molar-refractivity contribution in [2.45, 2.75) is 63.7 Å². The summed E-state index contributed by atoms with van der Waals surface area (Å²) in [6, 6.07) is 5.29. The van der Waals surface area contributed by atoms with E-state index in [9.17, 15) is 24.3 Å². The largest absolute Gasteiger partial charge is 0.480 e. The number of carbonyl (C=O) groups excluding carboxylic acids is 3. The highest BCUT2D eigenvalue weighted by Gasteiger charge is 2.40. The Kier molecular flexibility index (Phi) is 9.80. The molecule has 1 aromatic carbocycles. The molecule has 0 saturated carbocycles. The van der Waals surface area contributed by atoms with E-state index in [2.05, 4.69) is 10.6 Å². The molecule has 10 nitrogen and oxygen atoms in total. The number of nitrogens with two attached hydrogens (primary N) is 1. The summed E-state index contributed by atoms with van der Waals surface area (Å²) in [5, 5.41) is 23.3. The number of benzene rings is 1. The van der Waals surface area contributed by atoms with Crippen LogP contribution in [0.1, 0.15) is 38.7 Å². The number of aliphatic hydroxyl groups excluding tert-OH is 1. The average Bonchev–Trinajstić information content (AvgIpc) is 3.30. The minimum absolute atomic E-state index is 0.209. The molecule has 0 aliphatic carbocycles. The van der Waals surface area contributed by atoms with Gasteiger partial charge in [-0.25, -0.2) is 4.79 Å². The third-order valence-electron chi connectivity index (χ3n) is 6.05. The van der Waals surface area contributed by atoms with Gasteiger partial charge in [-0.05, 0) is 30.7 Å². The lowest BCUT2D eigenvalue weighted by molar-refractivity contribution is -0.146. The summed E-state index contributed by atoms with van der Waals surface area (Å²) < 4.78 is 0. The van der Waals surface area contributed by atoms with Crippen LogP contribution in [0.4, 0.5) is 0 Å². The molecule has 1 aliphatic rings. The summed E-state index contributed by atoms with van der Waals surface area (Å²) in [5.41, 5.74) is 6.99. The molecular formula is C23H34N4O6. The van der Waals surface area contributed by atoms with Gasteiger partial charge < -0.3 is 31.5 Å². The Morgan fingerprint density at radius 1 is 1.18 bits per heavy atom. The van der Waals surface area contributed by atoms with Gasteiger partial charge in [0.15, 0.2) is 0 Å². The van der Waals surface area contributed by atoms with Crippen molar-refractivity contribution in [3.63, 3.8) is 0 Å². The molecule has 0 aromatic heterocycles. The molecule has 0 radical (unpaired) electrons. The van der Waals surface area contributed by atoms with E-state index in [0.29, 0.717) is 32.2 Å². The van der Waals surface area contributed by atoms with Crippen molar-refractivity contribution in [3.05, 3.63) is 35.9 Å². The van der Waals surface area contributed by atoms with Gasteiger partial charge in [-0.3, -0.25) is 14.4 Å². The SMILES string of the molecule is CCC(C)C(NC(=O)C(N)Cc1ccccc1)C(=O)N1CCCC1C(=O)NC(CO)C(=O)O. The van der Waals surface area contributed by atoms with Gasteiger partial charge in [0.25, 0.3) is 0 Å². The van der Waals surface area contributed by atoms with Crippen LogP contribution in [0.2, 0.25) is 0 Å². The molecule has 5 atom stereocenters. The first-order valence-corrected chi connectivity index (χ1v) is 11.2. The molecule has 1 heterocycles. The summed E-state index contributed by atoms with van der Waals surface area (Å²) in [5.74, 6) is -3.07. The maximum absolute atomic E-state index is 13.4. The zero-order valence-electron chi connectivity index (χ0n) is 19.1. The third-order valence-corrected chi connectivity index (χ3v) is 6.05. The first-order chi connectivity index (χ1) is 15.7. The van der Waals surface area contributed by atoms with E-state index in [1.807, 2.05) is 44.2 Å². The molecule has 1 aromatic rings. The fourth-order valence-corrected chi connectivity index (χ4v) is 3.84. The van der Waals surface area contributed by atoms with E-state index in [0.717, 1.165) is 5.56 Å². The number of carboxylic acids is 1. The van der Waals surface area contributed by atoms with E-state index >= 15 is 0 Å². The Balaban J connectivity index is 2.11. The molecule has 3 amide bonds. The number of aliphatic hydroxyl groups is 1. The van der Waals surface area contributed by atoms with Crippen LogP contribution in [0, 0.1) is 5.92 Å². The third kappa shape index (κ3) is 7.00. The number of hydrogen-bond acceptors (Lipinski definition) is 6. The van der Waals surface area contributed by atoms with E-state index in [1.54, 1.807) is 0 Å². The molecule has 0 spiro atoms. The molecule has 10 heteroatoms. The molecule has 0 bridgehead atoms. The normalized spacial score (nSPS) is 19.3. The number of carboxylic acid groups (broad SMARTS) is 1. The summed E-state index contributed by atoms with van der Waals surface area (Å²) in [6.07, 6.45) is 1.86. The van der Waals surface area contributed by atoms with E-state index in [1.165, 1.54) is 4.90 Å². The van der Waals surface area contributed by atoms with Crippen LogP contribution in [-0.4, -0.2) is 76.1 Å². The second-order valence-corrected chi connectivity index (χ2v) is 8.44. The van der Waals surface area contributed by atoms with E-state index in [-0.39, 0.29) is 5.92 Å². The van der Waals surface area contributed by atoms with Crippen molar-refractivity contribution in [3.8, 4) is 0 Å². The second kappa shape index (κ2) is 12.3. The summed E-state index contributed by atoms with van der Waals surface area (Å²) in [6.45, 7) is 3.29. The van der Waals surface area contributed by atoms with Crippen LogP contribution in [-0.2, 0) is 25.6 Å². The van der Waals surface area contributed by atoms with Crippen molar-refractivity contribution in [2.75, 3.05) is 13.2 Å². The molecule has 33 heavy (non-hydrogen) atoms. The highest BCUT2D eigenvalue weighted by Crippen LogP contribution is 2.22. The number of nitrogens with zero attached hydrogens (tertiary/aromatic N) is 1. The maximum atomic E-state index is 13.4. The lowest BCUT2D eigenvalue weighted by Gasteiger charge is -2.32. The number of carbonyl (C=O) groups is 4. The Bertz CT molecular complexity index is 834. The number of nitrogens with one attached hydrogen (secondary N) is 2. The lowest BCUT2D eigenvalue weighted by Crippen LogP contribution is -2.58. The maximum Gasteiger partial charge on any atom is 0.328 e. The fourth-order valence-electron chi connectivity index (χ4n) is 3.84. The van der Waals surface area contributed by atoms with Gasteiger partial charge in [0.2, 0.25) is 17.7 Å². The zero-order valence-corrected chi connectivity index (χ0v) is 19.1. The minimum Gasteiger partial charge on any atom is -0.480 e. The standard InChI is InChI=1S/C23H34N4O6/c1-3-14(2)19(26-20(29)16(24)12-15-8-5-4-6-9-15)22(31)27-11-7-10-18(27)21(30)25-17(13-28)23(32)33/h4-6,8-9,14,16-19,28H,3,7,10-13,24H2,1-2H3,(H,25,30)(H,26,29)(H,32,33). The van der Waals surface area contributed by atoms with Crippen LogP contribution in [0.15, 0.2) is 30.3 Å². The highest BCUT2D eigenvalue weighted by molar-refractivity contribution is 5.94. The predicted molar refractivity (Wildman–Crippen MR) is 121 cm³/mol. The van der Waals surface area contributed by atoms with E-state index < -0.39 is 54.5 Å². The fraction of sp³-hybridized carbons (Fsp3) is 0.565. The molecule has 182 valence electrons. The molecule has 1 aliphatic heterocycles. The molecule has 1 saturated heterocycles. The van der Waals surface area contributed by atoms with Crippen molar-refractivity contribution >= 4 is 23.7 Å². The van der Waals surface area contributed by atoms with Crippen molar-refractivity contribution in [1.82, 2.24) is 15.5 Å². The quantitative estimate of drug-likeness (QED) is 0.300. The molecular weight excluding hydrogens is 428 g/mol. The first kappa shape index (κ1) is 26.3. The lowest BCUT2D eigenvalue weighted by atomic mass is 9.96. The van der Waals surface area contributed by atoms with Crippen LogP contribution < -0.4 is 16.4 Å². The Labute approximate surface area is 193 Å². The van der Waals surface area contributed by atoms with Crippen LogP contribution >= 0.6 is 0 Å². The van der Waals surface area contributed by atoms with Gasteiger partial charge in [-0.15, -0.1) is 0 Å². The van der Waals surface area contributed by atoms with Crippen molar-refractivity contribution in [2.24, 2.45) is 11.7 Å². The Morgan fingerprint density at radius 2 is 1.85 bits per heavy atom. The monoisotopic (exact) mass is 462 g/mol. The van der Waals surface area contributed by atoms with Gasteiger partial charge in [-0.1, -0.05) is 50.6 Å². The van der Waals surface area contributed by atoms with Gasteiger partial charge >= 0.3 is 5.97 Å². The molecule has 5 unspecified atom stereocenters. The van der Waals surface area contributed by atoms with E-state index in [4.69, 9.17) is 10.8 Å². The number of amides is 3.